The highest BCUT2D eigenvalue weighted by molar-refractivity contribution is 6.34. The van der Waals surface area contributed by atoms with E-state index in [1.165, 1.54) is 0 Å². The Morgan fingerprint density at radius 1 is 1.10 bits per heavy atom. The largest absolute Gasteiger partial charge is 0.356 e. The molecule has 3 rings (SSSR count). The maximum atomic E-state index is 12.9. The third kappa shape index (κ3) is 6.07. The summed E-state index contributed by atoms with van der Waals surface area (Å²) in [6.07, 6.45) is 3.60. The van der Waals surface area contributed by atoms with Crippen LogP contribution in [0, 0.1) is 5.92 Å². The Labute approximate surface area is 188 Å². The summed E-state index contributed by atoms with van der Waals surface area (Å²) in [5, 5.41) is 6.14. The smallest absolute Gasteiger partial charge is 0.257 e. The van der Waals surface area contributed by atoms with Gasteiger partial charge in [-0.25, -0.2) is 0 Å². The van der Waals surface area contributed by atoms with Crippen molar-refractivity contribution in [2.45, 2.75) is 32.6 Å². The molecule has 1 unspecified atom stereocenters. The number of nitrogens with zero attached hydrogens (tertiary/aromatic N) is 1. The molecule has 7 heteroatoms. The van der Waals surface area contributed by atoms with Crippen LogP contribution >= 0.6 is 11.6 Å². The van der Waals surface area contributed by atoms with Gasteiger partial charge in [-0.15, -0.1) is 0 Å². The van der Waals surface area contributed by atoms with Crippen molar-refractivity contribution in [2.24, 2.45) is 5.92 Å². The van der Waals surface area contributed by atoms with E-state index in [-0.39, 0.29) is 23.6 Å². The highest BCUT2D eigenvalue weighted by Gasteiger charge is 2.28. The number of benzene rings is 2. The molecule has 164 valence electrons. The second-order valence-corrected chi connectivity index (χ2v) is 8.15. The third-order valence-corrected chi connectivity index (χ3v) is 5.75. The molecule has 31 heavy (non-hydrogen) atoms. The summed E-state index contributed by atoms with van der Waals surface area (Å²) in [6, 6.07) is 13.6. The number of unbranched alkanes of at least 4 members (excludes halogenated alkanes) is 1. The summed E-state index contributed by atoms with van der Waals surface area (Å²) >= 11 is 6.07. The number of likely N-dealkylation sites (tertiary alicyclic amines) is 1. The summed E-state index contributed by atoms with van der Waals surface area (Å²) in [4.78, 5) is 39.4. The summed E-state index contributed by atoms with van der Waals surface area (Å²) < 4.78 is 0. The van der Waals surface area contributed by atoms with E-state index in [1.54, 1.807) is 53.4 Å². The zero-order valence-electron chi connectivity index (χ0n) is 17.7. The Morgan fingerprint density at radius 2 is 1.84 bits per heavy atom. The van der Waals surface area contributed by atoms with Gasteiger partial charge in [0.05, 0.1) is 16.5 Å². The molecular weight excluding hydrogens is 414 g/mol. The fourth-order valence-electron chi connectivity index (χ4n) is 3.63. The van der Waals surface area contributed by atoms with E-state index < -0.39 is 0 Å². The number of carbonyl (C=O) groups excluding carboxylic acids is 3. The second kappa shape index (κ2) is 11.0. The molecule has 2 N–H and O–H groups in total. The number of halogens is 1. The lowest BCUT2D eigenvalue weighted by Gasteiger charge is -2.32. The zero-order valence-corrected chi connectivity index (χ0v) is 18.5. The maximum Gasteiger partial charge on any atom is 0.257 e. The Hall–Kier alpha value is -2.86. The van der Waals surface area contributed by atoms with Crippen LogP contribution in [0.5, 0.6) is 0 Å². The average Bonchev–Trinajstić information content (AvgIpc) is 2.79. The highest BCUT2D eigenvalue weighted by Crippen LogP contribution is 2.21. The maximum absolute atomic E-state index is 12.9. The van der Waals surface area contributed by atoms with Crippen LogP contribution in [0.4, 0.5) is 5.69 Å². The van der Waals surface area contributed by atoms with Gasteiger partial charge in [0.15, 0.2) is 0 Å². The van der Waals surface area contributed by atoms with Gasteiger partial charge in [-0.2, -0.15) is 0 Å². The first-order valence-corrected chi connectivity index (χ1v) is 11.1. The van der Waals surface area contributed by atoms with Crippen molar-refractivity contribution in [3.8, 4) is 0 Å². The molecule has 0 saturated carbocycles. The second-order valence-electron chi connectivity index (χ2n) is 7.75. The molecule has 1 fully saturated rings. The number of hydrogen-bond donors (Lipinski definition) is 2. The normalized spacial score (nSPS) is 15.9. The van der Waals surface area contributed by atoms with Crippen LogP contribution in [-0.2, 0) is 4.79 Å². The van der Waals surface area contributed by atoms with Crippen LogP contribution in [0.3, 0.4) is 0 Å². The Bertz CT molecular complexity index is 930. The minimum atomic E-state index is -0.308. The summed E-state index contributed by atoms with van der Waals surface area (Å²) in [5.74, 6) is -0.542. The molecule has 0 radical (unpaired) electrons. The third-order valence-electron chi connectivity index (χ3n) is 5.42. The van der Waals surface area contributed by atoms with E-state index in [2.05, 4.69) is 17.6 Å². The lowest BCUT2D eigenvalue weighted by Crippen LogP contribution is -2.45. The molecule has 2 aromatic rings. The van der Waals surface area contributed by atoms with Crippen molar-refractivity contribution >= 4 is 35.0 Å². The van der Waals surface area contributed by atoms with Crippen LogP contribution in [0.1, 0.15) is 53.3 Å². The molecule has 0 spiro atoms. The molecule has 0 aromatic heterocycles. The monoisotopic (exact) mass is 441 g/mol. The lowest BCUT2D eigenvalue weighted by molar-refractivity contribution is -0.126. The number of amides is 3. The molecule has 1 aliphatic rings. The van der Waals surface area contributed by atoms with Crippen LogP contribution in [-0.4, -0.2) is 42.3 Å². The van der Waals surface area contributed by atoms with Crippen molar-refractivity contribution in [2.75, 3.05) is 25.0 Å². The van der Waals surface area contributed by atoms with Gasteiger partial charge in [0.1, 0.15) is 0 Å². The number of anilines is 1. The fraction of sp³-hybridized carbons (Fsp3) is 0.375. The molecule has 1 aliphatic heterocycles. The minimum Gasteiger partial charge on any atom is -0.356 e. The lowest BCUT2D eigenvalue weighted by atomic mass is 9.96. The molecule has 3 amide bonds. The Kier molecular flexibility index (Phi) is 8.06. The van der Waals surface area contributed by atoms with Gasteiger partial charge < -0.3 is 15.5 Å². The molecular formula is C24H28ClN3O3. The van der Waals surface area contributed by atoms with Gasteiger partial charge in [0.2, 0.25) is 5.91 Å². The molecule has 1 heterocycles. The molecule has 6 nitrogen and oxygen atoms in total. The fourth-order valence-corrected chi connectivity index (χ4v) is 3.85. The number of rotatable bonds is 7. The van der Waals surface area contributed by atoms with E-state index >= 15 is 0 Å². The van der Waals surface area contributed by atoms with Crippen LogP contribution in [0.15, 0.2) is 48.5 Å². The van der Waals surface area contributed by atoms with E-state index in [9.17, 15) is 14.4 Å². The predicted octanol–water partition coefficient (Wildman–Crippen LogP) is 4.36. The summed E-state index contributed by atoms with van der Waals surface area (Å²) in [6.45, 7) is 3.84. The van der Waals surface area contributed by atoms with Crippen molar-refractivity contribution in [3.05, 3.63) is 64.7 Å². The molecule has 1 saturated heterocycles. The Morgan fingerprint density at radius 3 is 2.55 bits per heavy atom. The van der Waals surface area contributed by atoms with Crippen LogP contribution in [0.25, 0.3) is 0 Å². The van der Waals surface area contributed by atoms with E-state index in [1.807, 2.05) is 0 Å². The molecule has 1 atom stereocenters. The number of nitrogens with one attached hydrogen (secondary N) is 2. The van der Waals surface area contributed by atoms with E-state index in [4.69, 9.17) is 11.6 Å². The topological polar surface area (TPSA) is 78.5 Å². The van der Waals surface area contributed by atoms with Crippen molar-refractivity contribution in [1.82, 2.24) is 10.2 Å². The summed E-state index contributed by atoms with van der Waals surface area (Å²) in [7, 11) is 0. The van der Waals surface area contributed by atoms with E-state index in [0.29, 0.717) is 41.5 Å². The molecule has 0 aliphatic carbocycles. The predicted molar refractivity (Wildman–Crippen MR) is 122 cm³/mol. The molecule has 0 bridgehead atoms. The van der Waals surface area contributed by atoms with Gasteiger partial charge in [0, 0.05) is 30.9 Å². The van der Waals surface area contributed by atoms with Crippen molar-refractivity contribution in [3.63, 3.8) is 0 Å². The highest BCUT2D eigenvalue weighted by atomic mass is 35.5. The van der Waals surface area contributed by atoms with Gasteiger partial charge >= 0.3 is 0 Å². The summed E-state index contributed by atoms with van der Waals surface area (Å²) in [5.41, 5.74) is 1.50. The number of piperidine rings is 1. The minimum absolute atomic E-state index is 0.0311. The van der Waals surface area contributed by atoms with Crippen molar-refractivity contribution < 1.29 is 14.4 Å². The first-order valence-electron chi connectivity index (χ1n) is 10.7. The standard InChI is InChI=1S/C24H28ClN3O3/c1-2-3-14-26-22(29)18-7-6-15-28(16-18)24(31)17-10-12-19(13-11-17)27-23(30)20-8-4-5-9-21(20)25/h4-5,8-13,18H,2-3,6-7,14-16H2,1H3,(H,26,29)(H,27,30). The van der Waals surface area contributed by atoms with Crippen LogP contribution < -0.4 is 10.6 Å². The molecule has 2 aromatic carbocycles. The van der Waals surface area contributed by atoms with Crippen LogP contribution in [0.2, 0.25) is 5.02 Å². The SMILES string of the molecule is CCCCNC(=O)C1CCCN(C(=O)c2ccc(NC(=O)c3ccccc3Cl)cc2)C1. The number of carbonyl (C=O) groups is 3. The van der Waals surface area contributed by atoms with E-state index in [0.717, 1.165) is 25.7 Å². The average molecular weight is 442 g/mol. The van der Waals surface area contributed by atoms with Gasteiger partial charge in [-0.05, 0) is 55.7 Å². The first-order chi connectivity index (χ1) is 15.0. The van der Waals surface area contributed by atoms with Gasteiger partial charge in [-0.3, -0.25) is 14.4 Å². The number of hydrogen-bond acceptors (Lipinski definition) is 3. The quantitative estimate of drug-likeness (QED) is 0.626. The van der Waals surface area contributed by atoms with Crippen molar-refractivity contribution in [1.29, 1.82) is 0 Å². The van der Waals surface area contributed by atoms with Gasteiger partial charge in [0.25, 0.3) is 11.8 Å². The zero-order chi connectivity index (χ0) is 22.2. The van der Waals surface area contributed by atoms with Gasteiger partial charge in [-0.1, -0.05) is 37.1 Å². The Balaban J connectivity index is 1.59. The first kappa shape index (κ1) is 22.8.